The van der Waals surface area contributed by atoms with E-state index < -0.39 is 30.2 Å². The number of rotatable bonds is 4. The van der Waals surface area contributed by atoms with Gasteiger partial charge >= 0.3 is 19.0 Å². The minimum absolute atomic E-state index is 0.105. The topological polar surface area (TPSA) is 43.3 Å². The number of oxime groups is 1. The highest BCUT2D eigenvalue weighted by atomic mass is 35.5. The fraction of sp³-hybridized carbons (Fsp3) is 0.458. The maximum Gasteiger partial charge on any atom is 0.494 e. The maximum atomic E-state index is 14.7. The van der Waals surface area contributed by atoms with Crippen LogP contribution in [0.4, 0.5) is 13.2 Å². The normalized spacial score (nSPS) is 25.9. The summed E-state index contributed by atoms with van der Waals surface area (Å²) in [7, 11) is -0.568. The molecule has 1 unspecified atom stereocenters. The van der Waals surface area contributed by atoms with Crippen molar-refractivity contribution in [3.63, 3.8) is 0 Å². The first kappa shape index (κ1) is 23.5. The molecule has 0 amide bonds. The highest BCUT2D eigenvalue weighted by molar-refractivity contribution is 6.62. The summed E-state index contributed by atoms with van der Waals surface area (Å²) < 4.78 is 56.1. The molecule has 0 N–H and O–H groups in total. The van der Waals surface area contributed by atoms with Gasteiger partial charge in [-0.3, -0.25) is 4.90 Å². The Bertz CT molecular complexity index is 1120. The molecule has 5 rings (SSSR count). The second-order valence-electron chi connectivity index (χ2n) is 9.97. The zero-order chi connectivity index (χ0) is 24.5. The maximum absolute atomic E-state index is 14.7. The molecule has 180 valence electrons. The number of hydrogen-bond donors (Lipinski definition) is 0. The fourth-order valence-electron chi connectivity index (χ4n) is 4.31. The average Bonchev–Trinajstić information content (AvgIpc) is 3.45. The van der Waals surface area contributed by atoms with Crippen molar-refractivity contribution in [2.45, 2.75) is 69.7 Å². The van der Waals surface area contributed by atoms with E-state index in [0.717, 1.165) is 5.46 Å². The molecule has 1 saturated heterocycles. The molecule has 3 aliphatic rings. The van der Waals surface area contributed by atoms with Gasteiger partial charge in [0.1, 0.15) is 0 Å². The van der Waals surface area contributed by atoms with E-state index in [1.165, 1.54) is 29.2 Å². The summed E-state index contributed by atoms with van der Waals surface area (Å²) in [6.45, 7) is 7.86. The van der Waals surface area contributed by atoms with Crippen molar-refractivity contribution in [3.8, 4) is 0 Å². The van der Waals surface area contributed by atoms with Crippen molar-refractivity contribution in [2.75, 3.05) is 0 Å². The van der Waals surface area contributed by atoms with E-state index in [9.17, 15) is 13.2 Å². The minimum Gasteiger partial charge on any atom is -0.399 e. The molecule has 2 aliphatic heterocycles. The lowest BCUT2D eigenvalue weighted by molar-refractivity contribution is -0.318. The first-order chi connectivity index (χ1) is 15.9. The highest BCUT2D eigenvalue weighted by Crippen LogP contribution is 2.53. The SMILES string of the molecule is CC1(C)OB(c2ccc(C3=NOC(c4cccc(Cl)c4)(C(F)(F)F)N3C3CC3)cc2)OC1(C)C. The van der Waals surface area contributed by atoms with E-state index in [1.54, 1.807) is 24.3 Å². The van der Waals surface area contributed by atoms with Crippen molar-refractivity contribution >= 4 is 30.0 Å². The molecule has 1 atom stereocenters. The van der Waals surface area contributed by atoms with Gasteiger partial charge in [0.2, 0.25) is 0 Å². The monoisotopic (exact) mass is 492 g/mol. The number of nitrogens with zero attached hydrogens (tertiary/aromatic N) is 2. The summed E-state index contributed by atoms with van der Waals surface area (Å²) in [5.41, 5.74) is -2.54. The molecule has 5 nitrogen and oxygen atoms in total. The number of alkyl halides is 3. The van der Waals surface area contributed by atoms with Gasteiger partial charge in [-0.1, -0.05) is 53.2 Å². The predicted molar refractivity (Wildman–Crippen MR) is 124 cm³/mol. The lowest BCUT2D eigenvalue weighted by Crippen LogP contribution is -2.57. The van der Waals surface area contributed by atoms with Crippen LogP contribution in [0.2, 0.25) is 5.02 Å². The Labute approximate surface area is 201 Å². The van der Waals surface area contributed by atoms with Gasteiger partial charge in [0.15, 0.2) is 5.84 Å². The van der Waals surface area contributed by atoms with Crippen LogP contribution in [0.5, 0.6) is 0 Å². The first-order valence-electron chi connectivity index (χ1n) is 11.2. The molecule has 0 spiro atoms. The lowest BCUT2D eigenvalue weighted by atomic mass is 9.79. The second-order valence-corrected chi connectivity index (χ2v) is 10.4. The fourth-order valence-corrected chi connectivity index (χ4v) is 4.50. The minimum atomic E-state index is -4.76. The van der Waals surface area contributed by atoms with E-state index in [0.29, 0.717) is 18.4 Å². The molecule has 0 bridgehead atoms. The van der Waals surface area contributed by atoms with Crippen LogP contribution in [0.25, 0.3) is 0 Å². The van der Waals surface area contributed by atoms with E-state index in [-0.39, 0.29) is 22.5 Å². The average molecular weight is 493 g/mol. The molecule has 10 heteroatoms. The van der Waals surface area contributed by atoms with Crippen LogP contribution in [0.15, 0.2) is 53.7 Å². The first-order valence-corrected chi connectivity index (χ1v) is 11.6. The Hall–Kier alpha value is -2.23. The summed E-state index contributed by atoms with van der Waals surface area (Å²) in [6.07, 6.45) is -3.52. The van der Waals surface area contributed by atoms with Crippen LogP contribution in [0.3, 0.4) is 0 Å². The number of benzene rings is 2. The van der Waals surface area contributed by atoms with Crippen LogP contribution in [0.1, 0.15) is 51.7 Å². The Morgan fingerprint density at radius 1 is 1.00 bits per heavy atom. The van der Waals surface area contributed by atoms with E-state index >= 15 is 0 Å². The third kappa shape index (κ3) is 3.60. The number of hydrogen-bond acceptors (Lipinski definition) is 5. The highest BCUT2D eigenvalue weighted by Gasteiger charge is 2.69. The summed E-state index contributed by atoms with van der Waals surface area (Å²) in [4.78, 5) is 6.54. The third-order valence-electron chi connectivity index (χ3n) is 7.04. The van der Waals surface area contributed by atoms with Crippen molar-refractivity contribution in [3.05, 3.63) is 64.7 Å². The Balaban J connectivity index is 1.49. The number of amidine groups is 1. The van der Waals surface area contributed by atoms with Gasteiger partial charge in [-0.15, -0.1) is 0 Å². The van der Waals surface area contributed by atoms with E-state index in [4.69, 9.17) is 25.7 Å². The van der Waals surface area contributed by atoms with E-state index in [2.05, 4.69) is 5.16 Å². The van der Waals surface area contributed by atoms with Crippen molar-refractivity contribution in [1.29, 1.82) is 0 Å². The van der Waals surface area contributed by atoms with Gasteiger partial charge in [-0.25, -0.2) is 0 Å². The molecule has 2 aromatic carbocycles. The Morgan fingerprint density at radius 3 is 2.15 bits per heavy atom. The molecular formula is C24H25BClF3N2O3. The number of halogens is 4. The van der Waals surface area contributed by atoms with Crippen molar-refractivity contribution in [1.82, 2.24) is 4.90 Å². The zero-order valence-electron chi connectivity index (χ0n) is 19.3. The Kier molecular flexibility index (Phi) is 5.28. The van der Waals surface area contributed by atoms with Crippen LogP contribution in [0, 0.1) is 0 Å². The summed E-state index contributed by atoms with van der Waals surface area (Å²) in [5.74, 6) is 0.139. The van der Waals surface area contributed by atoms with Gasteiger partial charge in [0, 0.05) is 22.2 Å². The third-order valence-corrected chi connectivity index (χ3v) is 7.27. The van der Waals surface area contributed by atoms with Crippen LogP contribution in [-0.2, 0) is 19.9 Å². The molecule has 1 saturated carbocycles. The molecule has 2 heterocycles. The molecule has 2 fully saturated rings. The largest absolute Gasteiger partial charge is 0.494 e. The van der Waals surface area contributed by atoms with Crippen molar-refractivity contribution in [2.24, 2.45) is 5.16 Å². The molecular weight excluding hydrogens is 468 g/mol. The van der Waals surface area contributed by atoms with Crippen molar-refractivity contribution < 1.29 is 27.3 Å². The van der Waals surface area contributed by atoms with Gasteiger partial charge in [0.05, 0.1) is 11.2 Å². The summed E-state index contributed by atoms with van der Waals surface area (Å²) in [5, 5.41) is 4.16. The van der Waals surface area contributed by atoms with Crippen LogP contribution < -0.4 is 5.46 Å². The van der Waals surface area contributed by atoms with Gasteiger partial charge in [0.25, 0.3) is 0 Å². The summed E-state index contributed by atoms with van der Waals surface area (Å²) in [6, 6.07) is 12.3. The van der Waals surface area contributed by atoms with Gasteiger partial charge in [-0.2, -0.15) is 13.2 Å². The molecule has 0 radical (unpaired) electrons. The molecule has 1 aliphatic carbocycles. The summed E-state index contributed by atoms with van der Waals surface area (Å²) >= 11 is 6.05. The lowest BCUT2D eigenvalue weighted by Gasteiger charge is -2.39. The second kappa shape index (κ2) is 7.64. The zero-order valence-corrected chi connectivity index (χ0v) is 20.1. The molecule has 0 aromatic heterocycles. The van der Waals surface area contributed by atoms with E-state index in [1.807, 2.05) is 27.7 Å². The Morgan fingerprint density at radius 2 is 1.62 bits per heavy atom. The van der Waals surface area contributed by atoms with Gasteiger partial charge in [-0.05, 0) is 58.1 Å². The standard InChI is InChI=1S/C24H25BClF3N2O3/c1-21(2)22(3,4)33-25(32-21)17-10-8-15(9-11-17)20-30-34-23(24(27,28)29,31(20)19-12-13-19)16-6-5-7-18(26)14-16/h5-11,14,19H,12-13H2,1-4H3. The molecule has 2 aromatic rings. The smallest absolute Gasteiger partial charge is 0.399 e. The molecule has 34 heavy (non-hydrogen) atoms. The van der Waals surface area contributed by atoms with Gasteiger partial charge < -0.3 is 14.1 Å². The van der Waals surface area contributed by atoms with Crippen LogP contribution >= 0.6 is 11.6 Å². The predicted octanol–water partition coefficient (Wildman–Crippen LogP) is 5.21. The quantitative estimate of drug-likeness (QED) is 0.550. The van der Waals surface area contributed by atoms with Crippen LogP contribution in [-0.4, -0.2) is 41.3 Å².